The number of ketones is 1. The molecule has 212 valence electrons. The Labute approximate surface area is 234 Å². The Morgan fingerprint density at radius 1 is 1.05 bits per heavy atom. The molecule has 0 fully saturated rings. The maximum atomic E-state index is 14.1. The van der Waals surface area contributed by atoms with Crippen molar-refractivity contribution < 1.29 is 36.7 Å². The van der Waals surface area contributed by atoms with Crippen LogP contribution in [0.15, 0.2) is 82.6 Å². The molecule has 1 atom stereocenters. The van der Waals surface area contributed by atoms with Crippen LogP contribution in [0.2, 0.25) is 0 Å². The number of nitriles is 1. The van der Waals surface area contributed by atoms with Gasteiger partial charge in [0.15, 0.2) is 5.76 Å². The molecule has 1 aliphatic rings. The summed E-state index contributed by atoms with van der Waals surface area (Å²) in [5.41, 5.74) is -1.31. The molecule has 0 spiro atoms. The van der Waals surface area contributed by atoms with Gasteiger partial charge in [0.1, 0.15) is 12.1 Å². The Hall–Kier alpha value is -4.85. The van der Waals surface area contributed by atoms with E-state index in [0.29, 0.717) is 11.1 Å². The summed E-state index contributed by atoms with van der Waals surface area (Å²) in [6.45, 7) is 5.75. The van der Waals surface area contributed by atoms with Crippen molar-refractivity contribution in [2.24, 2.45) is 0 Å². The first-order valence-electron chi connectivity index (χ1n) is 12.5. The maximum Gasteiger partial charge on any atom is 0.416 e. The van der Waals surface area contributed by atoms with Gasteiger partial charge in [0.25, 0.3) is 0 Å². The highest BCUT2D eigenvalue weighted by Gasteiger charge is 2.44. The van der Waals surface area contributed by atoms with Crippen LogP contribution in [-0.4, -0.2) is 34.8 Å². The molecular formula is C30H26F3N3O5. The van der Waals surface area contributed by atoms with Crippen LogP contribution in [0.25, 0.3) is 0 Å². The van der Waals surface area contributed by atoms with E-state index in [-0.39, 0.29) is 22.7 Å². The minimum absolute atomic E-state index is 0.00905. The number of halogens is 3. The van der Waals surface area contributed by atoms with E-state index in [2.05, 4.69) is 0 Å². The Morgan fingerprint density at radius 2 is 1.73 bits per heavy atom. The molecule has 0 aliphatic carbocycles. The zero-order valence-electron chi connectivity index (χ0n) is 22.7. The maximum absolute atomic E-state index is 14.1. The number of urea groups is 1. The smallest absolute Gasteiger partial charge is 0.416 e. The Balaban J connectivity index is 1.97. The number of ether oxygens (including phenoxy) is 1. The highest BCUT2D eigenvalue weighted by atomic mass is 19.4. The molecule has 4 rings (SSSR count). The lowest BCUT2D eigenvalue weighted by Gasteiger charge is -2.43. The number of carbonyl (C=O) groups is 3. The van der Waals surface area contributed by atoms with Gasteiger partial charge in [-0.05, 0) is 75.7 Å². The number of rotatable bonds is 6. The lowest BCUT2D eigenvalue weighted by atomic mass is 9.88. The fourth-order valence-electron chi connectivity index (χ4n) is 4.57. The summed E-state index contributed by atoms with van der Waals surface area (Å²) >= 11 is 0. The first kappa shape index (κ1) is 29.1. The molecule has 8 nitrogen and oxygen atoms in total. The van der Waals surface area contributed by atoms with Gasteiger partial charge in [-0.1, -0.05) is 18.2 Å². The van der Waals surface area contributed by atoms with Gasteiger partial charge in [-0.3, -0.25) is 14.5 Å². The van der Waals surface area contributed by atoms with Crippen LogP contribution in [0.1, 0.15) is 61.0 Å². The van der Waals surface area contributed by atoms with Gasteiger partial charge in [-0.2, -0.15) is 18.4 Å². The quantitative estimate of drug-likeness (QED) is 0.245. The molecule has 0 saturated carbocycles. The van der Waals surface area contributed by atoms with Crippen molar-refractivity contribution in [3.63, 3.8) is 0 Å². The van der Waals surface area contributed by atoms with E-state index in [1.54, 1.807) is 32.9 Å². The molecule has 0 radical (unpaired) electrons. The molecular weight excluding hydrogens is 539 g/mol. The summed E-state index contributed by atoms with van der Waals surface area (Å²) in [4.78, 5) is 43.0. The van der Waals surface area contributed by atoms with Crippen molar-refractivity contribution in [3.05, 3.63) is 101 Å². The molecule has 0 N–H and O–H groups in total. The third-order valence-corrected chi connectivity index (χ3v) is 6.24. The SMILES string of the molecule is CC1=C(C(=O)c2ccco2)C(c2ccc(C#N)cc2)N(CC(=O)OC(C)(C)C)C(=O)N1c1cccc(C(F)(F)F)c1. The molecule has 3 aromatic rings. The lowest BCUT2D eigenvalue weighted by Crippen LogP contribution is -2.53. The molecule has 2 aromatic carbocycles. The second-order valence-electron chi connectivity index (χ2n) is 10.3. The largest absolute Gasteiger partial charge is 0.461 e. The predicted molar refractivity (Wildman–Crippen MR) is 142 cm³/mol. The van der Waals surface area contributed by atoms with E-state index < -0.39 is 47.7 Å². The molecule has 0 saturated heterocycles. The Bertz CT molecular complexity index is 1550. The molecule has 1 aliphatic heterocycles. The molecule has 2 amide bonds. The summed E-state index contributed by atoms with van der Waals surface area (Å²) in [5, 5.41) is 9.27. The Morgan fingerprint density at radius 3 is 2.29 bits per heavy atom. The Kier molecular flexibility index (Phi) is 7.79. The second-order valence-corrected chi connectivity index (χ2v) is 10.3. The lowest BCUT2D eigenvalue weighted by molar-refractivity contribution is -0.155. The van der Waals surface area contributed by atoms with Gasteiger partial charge >= 0.3 is 18.2 Å². The monoisotopic (exact) mass is 565 g/mol. The van der Waals surface area contributed by atoms with Gasteiger partial charge in [0.2, 0.25) is 5.78 Å². The van der Waals surface area contributed by atoms with Crippen LogP contribution < -0.4 is 4.90 Å². The number of hydrogen-bond acceptors (Lipinski definition) is 6. The zero-order chi connectivity index (χ0) is 30.1. The summed E-state index contributed by atoms with van der Waals surface area (Å²) in [6, 6.07) is 13.1. The number of amides is 2. The van der Waals surface area contributed by atoms with Crippen molar-refractivity contribution in [1.82, 2.24) is 4.90 Å². The molecule has 2 heterocycles. The number of furan rings is 1. The molecule has 1 unspecified atom stereocenters. The van der Waals surface area contributed by atoms with E-state index >= 15 is 0 Å². The molecule has 41 heavy (non-hydrogen) atoms. The van der Waals surface area contributed by atoms with E-state index in [4.69, 9.17) is 9.15 Å². The zero-order valence-corrected chi connectivity index (χ0v) is 22.7. The van der Waals surface area contributed by atoms with E-state index in [9.17, 15) is 32.8 Å². The van der Waals surface area contributed by atoms with Gasteiger partial charge in [0, 0.05) is 5.70 Å². The van der Waals surface area contributed by atoms with Crippen LogP contribution in [0.3, 0.4) is 0 Å². The van der Waals surface area contributed by atoms with Crippen molar-refractivity contribution in [2.75, 3.05) is 11.4 Å². The number of Topliss-reactive ketones (excluding diaryl/α,β-unsaturated/α-hetero) is 1. The van der Waals surface area contributed by atoms with Crippen LogP contribution in [-0.2, 0) is 15.7 Å². The van der Waals surface area contributed by atoms with Crippen molar-refractivity contribution in [1.29, 1.82) is 5.26 Å². The average molecular weight is 566 g/mol. The molecule has 0 bridgehead atoms. The third kappa shape index (κ3) is 6.17. The van der Waals surface area contributed by atoms with Crippen LogP contribution >= 0.6 is 0 Å². The van der Waals surface area contributed by atoms with E-state index in [1.807, 2.05) is 6.07 Å². The highest BCUT2D eigenvalue weighted by molar-refractivity contribution is 6.12. The number of anilines is 1. The third-order valence-electron chi connectivity index (χ3n) is 6.24. The standard InChI is InChI=1S/C30H26F3N3O5/c1-18-25(27(38)23-9-6-14-40-23)26(20-12-10-19(16-34)11-13-20)35(17-24(37)41-29(2,3)4)28(39)36(18)22-8-5-7-21(15-22)30(31,32)33/h5-15,26H,17H2,1-4H3. The van der Waals surface area contributed by atoms with Crippen LogP contribution in [0.4, 0.5) is 23.7 Å². The van der Waals surface area contributed by atoms with Gasteiger partial charge in [0.05, 0.1) is 40.8 Å². The van der Waals surface area contributed by atoms with Crippen LogP contribution in [0.5, 0.6) is 0 Å². The summed E-state index contributed by atoms with van der Waals surface area (Å²) in [5.74, 6) is -1.51. The number of esters is 1. The van der Waals surface area contributed by atoms with E-state index in [0.717, 1.165) is 28.0 Å². The normalized spacial score (nSPS) is 16.0. The van der Waals surface area contributed by atoms with Crippen LogP contribution in [0, 0.1) is 11.3 Å². The minimum Gasteiger partial charge on any atom is -0.461 e. The average Bonchev–Trinajstić information content (AvgIpc) is 3.44. The first-order valence-corrected chi connectivity index (χ1v) is 12.5. The number of carbonyl (C=O) groups excluding carboxylic acids is 3. The number of nitrogens with zero attached hydrogens (tertiary/aromatic N) is 3. The summed E-state index contributed by atoms with van der Waals surface area (Å²) in [6.07, 6.45) is -3.41. The number of alkyl halides is 3. The van der Waals surface area contributed by atoms with Crippen molar-refractivity contribution >= 4 is 23.5 Å². The van der Waals surface area contributed by atoms with Gasteiger partial charge < -0.3 is 14.1 Å². The number of hydrogen-bond donors (Lipinski definition) is 0. The fraction of sp³-hybridized carbons (Fsp3) is 0.267. The number of allylic oxidation sites excluding steroid dienone is 1. The van der Waals surface area contributed by atoms with Crippen molar-refractivity contribution in [2.45, 2.75) is 45.5 Å². The second kappa shape index (κ2) is 11.0. The first-order chi connectivity index (χ1) is 19.2. The highest BCUT2D eigenvalue weighted by Crippen LogP contribution is 2.42. The predicted octanol–water partition coefficient (Wildman–Crippen LogP) is 6.65. The molecule has 1 aromatic heterocycles. The van der Waals surface area contributed by atoms with Gasteiger partial charge in [-0.25, -0.2) is 4.79 Å². The summed E-state index contributed by atoms with van der Waals surface area (Å²) in [7, 11) is 0. The van der Waals surface area contributed by atoms with Gasteiger partial charge in [-0.15, -0.1) is 0 Å². The topological polar surface area (TPSA) is 104 Å². The van der Waals surface area contributed by atoms with Crippen molar-refractivity contribution in [3.8, 4) is 6.07 Å². The molecule has 11 heteroatoms. The van der Waals surface area contributed by atoms with E-state index in [1.165, 1.54) is 43.5 Å². The summed E-state index contributed by atoms with van der Waals surface area (Å²) < 4.78 is 51.6. The number of benzene rings is 2. The minimum atomic E-state index is -4.69. The fourth-order valence-corrected chi connectivity index (χ4v) is 4.57.